The molecule has 0 rings (SSSR count). The second-order valence-corrected chi connectivity index (χ2v) is 25.6. The number of phosphoric acid groups is 1. The van der Waals surface area contributed by atoms with Gasteiger partial charge in [0, 0.05) is 12.8 Å². The lowest BCUT2D eigenvalue weighted by atomic mass is 10.1. The molecule has 0 aromatic carbocycles. The minimum atomic E-state index is -4.43. The molecule has 0 bridgehead atoms. The zero-order valence-electron chi connectivity index (χ0n) is 60.5. The van der Waals surface area contributed by atoms with Gasteiger partial charge in [-0.2, -0.15) is 0 Å². The average Bonchev–Trinajstić information content (AvgIpc) is 1.98. The van der Waals surface area contributed by atoms with Crippen molar-refractivity contribution in [1.82, 2.24) is 0 Å². The van der Waals surface area contributed by atoms with Crippen LogP contribution in [0.15, 0.2) is 255 Å². The second kappa shape index (κ2) is 72.8. The van der Waals surface area contributed by atoms with E-state index in [2.05, 4.69) is 269 Å². The van der Waals surface area contributed by atoms with Crippen LogP contribution in [0.5, 0.6) is 0 Å². The highest BCUT2D eigenvalue weighted by molar-refractivity contribution is 7.47. The normalized spacial score (nSPS) is 14.6. The summed E-state index contributed by atoms with van der Waals surface area (Å²) in [4.78, 5) is 35.9. The zero-order chi connectivity index (χ0) is 69.7. The van der Waals surface area contributed by atoms with Crippen LogP contribution in [0, 0.1) is 0 Å². The fourth-order valence-corrected chi connectivity index (χ4v) is 9.32. The van der Waals surface area contributed by atoms with E-state index >= 15 is 0 Å². The molecule has 1 N–H and O–H groups in total. The molecule has 0 heterocycles. The lowest BCUT2D eigenvalue weighted by molar-refractivity contribution is -0.870. The number of nitrogens with zero attached hydrogens (tertiary/aromatic N) is 1. The number of rotatable bonds is 63. The van der Waals surface area contributed by atoms with Gasteiger partial charge in [-0.15, -0.1) is 0 Å². The Hall–Kier alpha value is -6.45. The van der Waals surface area contributed by atoms with Crippen molar-refractivity contribution in [2.24, 2.45) is 0 Å². The van der Waals surface area contributed by atoms with Crippen molar-refractivity contribution in [3.8, 4) is 0 Å². The van der Waals surface area contributed by atoms with Crippen LogP contribution in [-0.4, -0.2) is 74.9 Å². The van der Waals surface area contributed by atoms with E-state index < -0.39 is 32.5 Å². The first-order valence-electron chi connectivity index (χ1n) is 36.4. The average molecular weight is 1340 g/mol. The summed E-state index contributed by atoms with van der Waals surface area (Å²) < 4.78 is 34.6. The van der Waals surface area contributed by atoms with Crippen molar-refractivity contribution in [1.29, 1.82) is 0 Å². The Morgan fingerprint density at radius 2 is 0.562 bits per heavy atom. The summed E-state index contributed by atoms with van der Waals surface area (Å²) in [6.07, 6.45) is 121. The molecule has 0 saturated heterocycles. The summed E-state index contributed by atoms with van der Waals surface area (Å²) in [5.41, 5.74) is 0. The molecule has 0 aromatic heterocycles. The monoisotopic (exact) mass is 1340 g/mol. The molecule has 0 aliphatic carbocycles. The highest BCUT2D eigenvalue weighted by Gasteiger charge is 2.27. The van der Waals surface area contributed by atoms with Crippen LogP contribution in [0.3, 0.4) is 0 Å². The first kappa shape index (κ1) is 89.5. The predicted octanol–water partition coefficient (Wildman–Crippen LogP) is 24.5. The van der Waals surface area contributed by atoms with Crippen LogP contribution in [0.4, 0.5) is 0 Å². The van der Waals surface area contributed by atoms with Gasteiger partial charge in [-0.1, -0.05) is 288 Å². The molecule has 96 heavy (non-hydrogen) atoms. The van der Waals surface area contributed by atoms with Crippen molar-refractivity contribution in [2.45, 2.75) is 225 Å². The van der Waals surface area contributed by atoms with E-state index in [1.54, 1.807) is 0 Å². The molecular weight excluding hydrogens is 1210 g/mol. The fraction of sp³-hybridized carbons (Fsp3) is 0.488. The largest absolute Gasteiger partial charge is 0.472 e. The Balaban J connectivity index is 4.29. The Morgan fingerprint density at radius 1 is 0.323 bits per heavy atom. The summed E-state index contributed by atoms with van der Waals surface area (Å²) in [7, 11) is 1.39. The maximum absolute atomic E-state index is 12.9. The molecule has 0 radical (unpaired) electrons. The molecule has 2 unspecified atom stereocenters. The number of ether oxygens (including phenoxy) is 2. The highest BCUT2D eigenvalue weighted by Crippen LogP contribution is 2.43. The Kier molecular flexibility index (Phi) is 67.9. The molecule has 0 saturated carbocycles. The third-order valence-electron chi connectivity index (χ3n) is 14.1. The summed E-state index contributed by atoms with van der Waals surface area (Å²) in [6.45, 7) is 4.09. The molecule has 10 heteroatoms. The van der Waals surface area contributed by atoms with Gasteiger partial charge in [-0.25, -0.2) is 4.57 Å². The highest BCUT2D eigenvalue weighted by atomic mass is 31.2. The first-order chi connectivity index (χ1) is 47.0. The van der Waals surface area contributed by atoms with Gasteiger partial charge in [0.2, 0.25) is 0 Å². The number of carbonyl (C=O) groups is 2. The number of carbonyl (C=O) groups excluding carboxylic acids is 2. The number of hydrogen-bond donors (Lipinski definition) is 1. The van der Waals surface area contributed by atoms with E-state index in [4.69, 9.17) is 18.5 Å². The standard InChI is InChI=1S/C86H130NO8P/c1-6-8-10-12-14-16-18-20-22-24-26-28-30-32-34-36-38-40-41-42-43-44-45-47-49-51-53-55-57-59-61-63-65-67-69-71-73-75-77-79-86(89)95-84(83-94-96(90,91)93-81-80-87(3,4)5)82-92-85(88)78-76-74-72-70-68-66-64-62-60-58-56-54-52-50-48-46-39-37-35-33-31-29-27-25-23-21-19-17-15-13-11-9-7-2/h8-11,14-17,20-23,26-29,32-35,38-40,42-43,45-47,50-53,56-59,62-65,69,71,84H,6-7,12-13,18-19,24-25,30-31,36-37,41,44,48-49,54-55,60-61,66-68,70,72-83H2,1-5H3/p+1/b10-8-,11-9-,16-14-,17-15-,22-20-,23-21-,28-26-,29-27-,34-32-,35-33-,40-38-,43-42-,46-39-,47-45-,52-50-,53-51-,58-56-,59-57-,64-62-,65-63-,71-69-. The smallest absolute Gasteiger partial charge is 0.462 e. The first-order valence-corrected chi connectivity index (χ1v) is 37.9. The number of esters is 2. The topological polar surface area (TPSA) is 108 Å². The summed E-state index contributed by atoms with van der Waals surface area (Å²) in [5, 5.41) is 0. The van der Waals surface area contributed by atoms with Crippen LogP contribution in [0.25, 0.3) is 0 Å². The molecule has 0 fully saturated rings. The van der Waals surface area contributed by atoms with Gasteiger partial charge in [0.25, 0.3) is 0 Å². The van der Waals surface area contributed by atoms with E-state index in [1.165, 1.54) is 0 Å². The van der Waals surface area contributed by atoms with Crippen molar-refractivity contribution < 1.29 is 42.1 Å². The minimum Gasteiger partial charge on any atom is -0.462 e. The summed E-state index contributed by atoms with van der Waals surface area (Å²) in [6, 6.07) is 0. The van der Waals surface area contributed by atoms with Crippen LogP contribution >= 0.6 is 7.82 Å². The molecule has 0 spiro atoms. The Labute approximate surface area is 586 Å². The third kappa shape index (κ3) is 76.6. The number of quaternary nitrogens is 1. The minimum absolute atomic E-state index is 0.00416. The number of likely N-dealkylation sites (N-methyl/N-ethyl adjacent to an activating group) is 1. The maximum Gasteiger partial charge on any atom is 0.472 e. The maximum atomic E-state index is 12.9. The van der Waals surface area contributed by atoms with Crippen molar-refractivity contribution in [3.63, 3.8) is 0 Å². The van der Waals surface area contributed by atoms with Gasteiger partial charge >= 0.3 is 19.8 Å². The zero-order valence-corrected chi connectivity index (χ0v) is 61.4. The Morgan fingerprint density at radius 3 is 0.854 bits per heavy atom. The van der Waals surface area contributed by atoms with Crippen LogP contribution in [0.1, 0.15) is 219 Å². The number of allylic oxidation sites excluding steroid dienone is 42. The molecule has 532 valence electrons. The number of hydrogen-bond acceptors (Lipinski definition) is 7. The lowest BCUT2D eigenvalue weighted by Gasteiger charge is -2.24. The second-order valence-electron chi connectivity index (χ2n) is 24.2. The lowest BCUT2D eigenvalue weighted by Crippen LogP contribution is -2.37. The van der Waals surface area contributed by atoms with Gasteiger partial charge in [-0.3, -0.25) is 18.6 Å². The molecule has 9 nitrogen and oxygen atoms in total. The van der Waals surface area contributed by atoms with E-state index in [1.807, 2.05) is 21.1 Å². The number of unbranched alkanes of at least 4 members (excludes halogenated alkanes) is 7. The fourth-order valence-electron chi connectivity index (χ4n) is 8.58. The van der Waals surface area contributed by atoms with Gasteiger partial charge < -0.3 is 18.9 Å². The SMILES string of the molecule is CC/C=C\C/C=C\C/C=C\C/C=C\C/C=C\C/C=C\C/C=C\C/C=C\C/C=C\C/C=C\C/C=C\C/C=C\CCCCC(=O)OC(COC(=O)CCCCCCC/C=C\C/C=C\C/C=C\C/C=C\C/C=C\C/C=C\C/C=C\C/C=C\C/C=C\CC)COP(=O)(O)OCC[N+](C)(C)C. The quantitative estimate of drug-likeness (QED) is 0.0211. The van der Waals surface area contributed by atoms with Crippen molar-refractivity contribution >= 4 is 19.8 Å². The van der Waals surface area contributed by atoms with Crippen LogP contribution in [0.2, 0.25) is 0 Å². The molecule has 0 amide bonds. The molecule has 0 aromatic rings. The van der Waals surface area contributed by atoms with E-state index in [0.29, 0.717) is 23.9 Å². The molecule has 0 aliphatic rings. The third-order valence-corrected chi connectivity index (χ3v) is 15.0. The van der Waals surface area contributed by atoms with Gasteiger partial charge in [0.1, 0.15) is 19.8 Å². The molecule has 0 aliphatic heterocycles. The van der Waals surface area contributed by atoms with Crippen LogP contribution < -0.4 is 0 Å². The summed E-state index contributed by atoms with van der Waals surface area (Å²) in [5.74, 6) is -0.895. The van der Waals surface area contributed by atoms with E-state index in [0.717, 1.165) is 180 Å². The van der Waals surface area contributed by atoms with Gasteiger partial charge in [0.05, 0.1) is 27.7 Å². The van der Waals surface area contributed by atoms with Crippen LogP contribution in [-0.2, 0) is 32.7 Å². The van der Waals surface area contributed by atoms with E-state index in [-0.39, 0.29) is 26.1 Å². The molecule has 2 atom stereocenters. The van der Waals surface area contributed by atoms with Crippen molar-refractivity contribution in [3.05, 3.63) is 255 Å². The van der Waals surface area contributed by atoms with Crippen molar-refractivity contribution in [2.75, 3.05) is 47.5 Å². The van der Waals surface area contributed by atoms with Gasteiger partial charge in [-0.05, 0) is 173 Å². The predicted molar refractivity (Wildman–Crippen MR) is 416 cm³/mol. The van der Waals surface area contributed by atoms with E-state index in [9.17, 15) is 19.0 Å². The van der Waals surface area contributed by atoms with Gasteiger partial charge in [0.15, 0.2) is 6.10 Å². The number of phosphoric ester groups is 1. The summed E-state index contributed by atoms with van der Waals surface area (Å²) >= 11 is 0. The Bertz CT molecular complexity index is 2570. The molecular formula is C86H131NO8P+.